The average Bonchev–Trinajstić information content (AvgIpc) is 2.91. The summed E-state index contributed by atoms with van der Waals surface area (Å²) in [5, 5.41) is 0. The molecule has 0 amide bonds. The monoisotopic (exact) mass is 352 g/mol. The Morgan fingerprint density at radius 1 is 1.00 bits per heavy atom. The summed E-state index contributed by atoms with van der Waals surface area (Å²) in [4.78, 5) is 0.332. The molecule has 0 unspecified atom stereocenters. The lowest BCUT2D eigenvalue weighted by molar-refractivity contribution is 0.470. The normalized spacial score (nSPS) is 21.8. The van der Waals surface area contributed by atoms with Crippen LogP contribution in [0.1, 0.15) is 17.0 Å². The van der Waals surface area contributed by atoms with E-state index in [9.17, 15) is 8.42 Å². The number of rotatable bonds is 3. The largest absolute Gasteiger partial charge is 0.326 e. The van der Waals surface area contributed by atoms with Crippen LogP contribution in [0.5, 0.6) is 0 Å². The zero-order chi connectivity index (χ0) is 15.7. The Kier molecular flexibility index (Phi) is 5.47. The van der Waals surface area contributed by atoms with Gasteiger partial charge in [-0.2, -0.15) is 4.31 Å². The fourth-order valence-electron chi connectivity index (χ4n) is 2.90. The van der Waals surface area contributed by atoms with Crippen molar-refractivity contribution in [3.63, 3.8) is 0 Å². The maximum Gasteiger partial charge on any atom is 0.243 e. The molecular formula is C17H21ClN2O2S. The topological polar surface area (TPSA) is 63.4 Å². The number of aryl methyl sites for hydroxylation is 1. The molecule has 2 atom stereocenters. The van der Waals surface area contributed by atoms with Crippen LogP contribution in [0.3, 0.4) is 0 Å². The van der Waals surface area contributed by atoms with Gasteiger partial charge in [-0.1, -0.05) is 48.0 Å². The summed E-state index contributed by atoms with van der Waals surface area (Å²) in [6.45, 7) is 2.73. The Bertz CT molecular complexity index is 748. The molecule has 0 saturated carbocycles. The summed E-state index contributed by atoms with van der Waals surface area (Å²) >= 11 is 0. The van der Waals surface area contributed by atoms with E-state index in [1.807, 2.05) is 49.4 Å². The average molecular weight is 353 g/mol. The summed E-state index contributed by atoms with van der Waals surface area (Å²) in [6, 6.07) is 16.7. The van der Waals surface area contributed by atoms with E-state index >= 15 is 0 Å². The molecule has 1 aliphatic rings. The van der Waals surface area contributed by atoms with Gasteiger partial charge in [0.25, 0.3) is 0 Å². The summed E-state index contributed by atoms with van der Waals surface area (Å²) in [5.74, 6) is 0.0430. The molecule has 0 aliphatic carbocycles. The second-order valence-electron chi connectivity index (χ2n) is 5.82. The van der Waals surface area contributed by atoms with Crippen LogP contribution in [0.15, 0.2) is 59.5 Å². The minimum Gasteiger partial charge on any atom is -0.326 e. The van der Waals surface area contributed by atoms with Gasteiger partial charge >= 0.3 is 0 Å². The Morgan fingerprint density at radius 3 is 2.22 bits per heavy atom. The molecule has 0 spiro atoms. The molecule has 1 saturated heterocycles. The zero-order valence-corrected chi connectivity index (χ0v) is 14.6. The fourth-order valence-corrected chi connectivity index (χ4v) is 4.40. The number of nitrogens with two attached hydrogens (primary N) is 1. The molecule has 1 heterocycles. The van der Waals surface area contributed by atoms with Crippen LogP contribution in [-0.4, -0.2) is 31.9 Å². The maximum absolute atomic E-state index is 12.7. The van der Waals surface area contributed by atoms with E-state index in [4.69, 9.17) is 5.73 Å². The van der Waals surface area contributed by atoms with Gasteiger partial charge in [0.2, 0.25) is 10.0 Å². The van der Waals surface area contributed by atoms with Gasteiger partial charge in [0.05, 0.1) is 4.90 Å². The highest BCUT2D eigenvalue weighted by atomic mass is 35.5. The molecule has 23 heavy (non-hydrogen) atoms. The predicted molar refractivity (Wildman–Crippen MR) is 94.3 cm³/mol. The number of hydrogen-bond acceptors (Lipinski definition) is 3. The fraction of sp³-hybridized carbons (Fsp3) is 0.294. The molecule has 4 nitrogen and oxygen atoms in total. The number of benzene rings is 2. The Labute approximate surface area is 143 Å². The highest BCUT2D eigenvalue weighted by molar-refractivity contribution is 7.89. The van der Waals surface area contributed by atoms with Crippen molar-refractivity contribution in [1.82, 2.24) is 4.31 Å². The van der Waals surface area contributed by atoms with Crippen molar-refractivity contribution in [2.45, 2.75) is 23.8 Å². The Balaban J connectivity index is 0.00000192. The molecule has 3 rings (SSSR count). The van der Waals surface area contributed by atoms with E-state index in [1.54, 1.807) is 12.1 Å². The minimum absolute atomic E-state index is 0. The van der Waals surface area contributed by atoms with Crippen LogP contribution >= 0.6 is 12.4 Å². The van der Waals surface area contributed by atoms with Crippen LogP contribution in [0.25, 0.3) is 0 Å². The third kappa shape index (κ3) is 3.58. The van der Waals surface area contributed by atoms with Crippen molar-refractivity contribution in [3.05, 3.63) is 65.7 Å². The van der Waals surface area contributed by atoms with Gasteiger partial charge in [-0.15, -0.1) is 12.4 Å². The molecule has 2 aromatic rings. The van der Waals surface area contributed by atoms with E-state index in [0.717, 1.165) is 11.1 Å². The molecule has 124 valence electrons. The third-order valence-corrected chi connectivity index (χ3v) is 6.06. The van der Waals surface area contributed by atoms with E-state index in [2.05, 4.69) is 0 Å². The summed E-state index contributed by atoms with van der Waals surface area (Å²) in [5.41, 5.74) is 8.33. The first kappa shape index (κ1) is 17.9. The minimum atomic E-state index is -3.48. The Morgan fingerprint density at radius 2 is 1.61 bits per heavy atom. The molecular weight excluding hydrogens is 332 g/mol. The van der Waals surface area contributed by atoms with E-state index in [-0.39, 0.29) is 24.4 Å². The summed E-state index contributed by atoms with van der Waals surface area (Å²) < 4.78 is 27.0. The molecule has 0 bridgehead atoms. The van der Waals surface area contributed by atoms with Crippen LogP contribution in [0.4, 0.5) is 0 Å². The molecule has 6 heteroatoms. The van der Waals surface area contributed by atoms with Crippen LogP contribution in [0, 0.1) is 6.92 Å². The third-order valence-electron chi connectivity index (χ3n) is 4.22. The molecule has 0 aromatic heterocycles. The van der Waals surface area contributed by atoms with Crippen molar-refractivity contribution in [2.75, 3.05) is 13.1 Å². The van der Waals surface area contributed by atoms with E-state index in [0.29, 0.717) is 18.0 Å². The standard InChI is InChI=1S/C17H20N2O2S.ClH/c1-13-7-9-15(10-8-13)22(20,21)19-11-16(17(18)12-19)14-5-3-2-4-6-14;/h2-10,16-17H,11-12,18H2,1H3;1H/t16-,17+;/m0./s1. The van der Waals surface area contributed by atoms with Gasteiger partial charge in [-0.05, 0) is 24.6 Å². The predicted octanol–water partition coefficient (Wildman–Crippen LogP) is 2.53. The Hall–Kier alpha value is -1.40. The number of hydrogen-bond donors (Lipinski definition) is 1. The molecule has 1 aliphatic heterocycles. The van der Waals surface area contributed by atoms with Gasteiger partial charge in [0.15, 0.2) is 0 Å². The van der Waals surface area contributed by atoms with Crippen molar-refractivity contribution >= 4 is 22.4 Å². The van der Waals surface area contributed by atoms with Crippen molar-refractivity contribution < 1.29 is 8.42 Å². The first-order valence-electron chi connectivity index (χ1n) is 7.36. The lowest BCUT2D eigenvalue weighted by Gasteiger charge is -2.16. The van der Waals surface area contributed by atoms with Crippen LogP contribution in [-0.2, 0) is 10.0 Å². The number of halogens is 1. The van der Waals surface area contributed by atoms with Crippen molar-refractivity contribution in [2.24, 2.45) is 5.73 Å². The van der Waals surface area contributed by atoms with Crippen LogP contribution < -0.4 is 5.73 Å². The molecule has 2 aromatic carbocycles. The SMILES string of the molecule is Cc1ccc(S(=O)(=O)N2C[C@@H](N)[C@H](c3ccccc3)C2)cc1.Cl. The second kappa shape index (κ2) is 7.01. The van der Waals surface area contributed by atoms with Gasteiger partial charge in [0, 0.05) is 25.0 Å². The highest BCUT2D eigenvalue weighted by Gasteiger charge is 2.38. The molecule has 0 radical (unpaired) electrons. The van der Waals surface area contributed by atoms with Gasteiger partial charge in [0.1, 0.15) is 0 Å². The van der Waals surface area contributed by atoms with Crippen molar-refractivity contribution in [3.8, 4) is 0 Å². The molecule has 1 fully saturated rings. The second-order valence-corrected chi connectivity index (χ2v) is 7.75. The summed E-state index contributed by atoms with van der Waals surface area (Å²) in [7, 11) is -3.48. The smallest absolute Gasteiger partial charge is 0.243 e. The summed E-state index contributed by atoms with van der Waals surface area (Å²) in [6.07, 6.45) is 0. The first-order chi connectivity index (χ1) is 10.5. The van der Waals surface area contributed by atoms with Crippen molar-refractivity contribution in [1.29, 1.82) is 0 Å². The lowest BCUT2D eigenvalue weighted by Crippen LogP contribution is -2.32. The number of nitrogens with zero attached hydrogens (tertiary/aromatic N) is 1. The maximum atomic E-state index is 12.7. The van der Waals surface area contributed by atoms with Gasteiger partial charge in [-0.25, -0.2) is 8.42 Å². The van der Waals surface area contributed by atoms with E-state index < -0.39 is 10.0 Å². The first-order valence-corrected chi connectivity index (χ1v) is 8.80. The molecule has 2 N–H and O–H groups in total. The number of sulfonamides is 1. The highest BCUT2D eigenvalue weighted by Crippen LogP contribution is 2.30. The zero-order valence-electron chi connectivity index (χ0n) is 12.9. The van der Waals surface area contributed by atoms with Gasteiger partial charge in [-0.3, -0.25) is 0 Å². The lowest BCUT2D eigenvalue weighted by atomic mass is 9.95. The quantitative estimate of drug-likeness (QED) is 0.923. The van der Waals surface area contributed by atoms with Gasteiger partial charge < -0.3 is 5.73 Å². The van der Waals surface area contributed by atoms with E-state index in [1.165, 1.54) is 4.31 Å². The van der Waals surface area contributed by atoms with Crippen LogP contribution in [0.2, 0.25) is 0 Å².